The highest BCUT2D eigenvalue weighted by molar-refractivity contribution is 7.92. The van der Waals surface area contributed by atoms with Crippen molar-refractivity contribution < 1.29 is 22.0 Å². The summed E-state index contributed by atoms with van der Waals surface area (Å²) >= 11 is 0. The molecule has 0 aliphatic heterocycles. The third-order valence-electron chi connectivity index (χ3n) is 3.63. The molecule has 0 saturated carbocycles. The standard InChI is InChI=1S/C19H14F2N2O3S/c20-17-11-10-16(12-18(17)21)27(25,26)23-15-8-6-13(7-9-15)19(24)22-14-4-2-1-3-5-14/h1-12,23H,(H,22,24). The Balaban J connectivity index is 1.73. The van der Waals surface area contributed by atoms with E-state index in [9.17, 15) is 22.0 Å². The van der Waals surface area contributed by atoms with Crippen molar-refractivity contribution in [2.24, 2.45) is 0 Å². The van der Waals surface area contributed by atoms with E-state index in [2.05, 4.69) is 10.0 Å². The fourth-order valence-corrected chi connectivity index (χ4v) is 3.34. The molecule has 0 aromatic heterocycles. The summed E-state index contributed by atoms with van der Waals surface area (Å²) in [5.41, 5.74) is 1.14. The molecule has 2 N–H and O–H groups in total. The Kier molecular flexibility index (Phi) is 5.18. The molecule has 3 aromatic rings. The molecular formula is C19H14F2N2O3S. The number of amides is 1. The summed E-state index contributed by atoms with van der Waals surface area (Å²) in [5.74, 6) is -2.75. The fourth-order valence-electron chi connectivity index (χ4n) is 2.27. The second kappa shape index (κ2) is 7.55. The third kappa shape index (κ3) is 4.48. The molecule has 0 aliphatic carbocycles. The minimum atomic E-state index is -4.09. The van der Waals surface area contributed by atoms with Crippen molar-refractivity contribution in [3.63, 3.8) is 0 Å². The van der Waals surface area contributed by atoms with Gasteiger partial charge in [0.2, 0.25) is 0 Å². The third-order valence-corrected chi connectivity index (χ3v) is 5.01. The number of carbonyl (C=O) groups is 1. The van der Waals surface area contributed by atoms with Crippen LogP contribution < -0.4 is 10.0 Å². The van der Waals surface area contributed by atoms with Crippen molar-refractivity contribution in [1.82, 2.24) is 0 Å². The first-order valence-corrected chi connectivity index (χ1v) is 9.28. The molecule has 0 atom stereocenters. The zero-order valence-corrected chi connectivity index (χ0v) is 14.6. The summed E-state index contributed by atoms with van der Waals surface area (Å²) in [7, 11) is -4.09. The average molecular weight is 388 g/mol. The minimum Gasteiger partial charge on any atom is -0.322 e. The molecule has 27 heavy (non-hydrogen) atoms. The molecular weight excluding hydrogens is 374 g/mol. The molecule has 0 radical (unpaired) electrons. The Labute approximate surface area is 154 Å². The van der Waals surface area contributed by atoms with Crippen LogP contribution in [0.25, 0.3) is 0 Å². The molecule has 138 valence electrons. The molecule has 0 unspecified atom stereocenters. The van der Waals surface area contributed by atoms with Gasteiger partial charge in [0.15, 0.2) is 11.6 Å². The Morgan fingerprint density at radius 1 is 0.778 bits per heavy atom. The molecule has 0 saturated heterocycles. The van der Waals surface area contributed by atoms with Crippen LogP contribution in [0.2, 0.25) is 0 Å². The smallest absolute Gasteiger partial charge is 0.261 e. The van der Waals surface area contributed by atoms with Gasteiger partial charge >= 0.3 is 0 Å². The predicted octanol–water partition coefficient (Wildman–Crippen LogP) is 4.02. The molecule has 0 aliphatic rings. The normalized spacial score (nSPS) is 11.0. The van der Waals surface area contributed by atoms with Crippen molar-refractivity contribution in [3.8, 4) is 0 Å². The second-order valence-electron chi connectivity index (χ2n) is 5.58. The van der Waals surface area contributed by atoms with Crippen LogP contribution in [0.3, 0.4) is 0 Å². The highest BCUT2D eigenvalue weighted by Crippen LogP contribution is 2.19. The first-order valence-electron chi connectivity index (χ1n) is 7.79. The van der Waals surface area contributed by atoms with Gasteiger partial charge in [0.25, 0.3) is 15.9 Å². The molecule has 5 nitrogen and oxygen atoms in total. The van der Waals surface area contributed by atoms with Crippen LogP contribution in [0, 0.1) is 11.6 Å². The highest BCUT2D eigenvalue weighted by Gasteiger charge is 2.17. The van der Waals surface area contributed by atoms with Crippen LogP contribution in [0.5, 0.6) is 0 Å². The molecule has 0 fully saturated rings. The van der Waals surface area contributed by atoms with Gasteiger partial charge in [-0.2, -0.15) is 0 Å². The van der Waals surface area contributed by atoms with Crippen LogP contribution in [-0.2, 0) is 10.0 Å². The molecule has 0 spiro atoms. The maximum Gasteiger partial charge on any atom is 0.261 e. The summed E-state index contributed by atoms with van der Waals surface area (Å²) in [6, 6.07) is 16.9. The largest absolute Gasteiger partial charge is 0.322 e. The van der Waals surface area contributed by atoms with Crippen molar-refractivity contribution >= 4 is 27.3 Å². The predicted molar refractivity (Wildman–Crippen MR) is 98.0 cm³/mol. The number of hydrogen-bond donors (Lipinski definition) is 2. The van der Waals surface area contributed by atoms with E-state index in [4.69, 9.17) is 0 Å². The van der Waals surface area contributed by atoms with E-state index in [0.717, 1.165) is 12.1 Å². The fraction of sp³-hybridized carbons (Fsp3) is 0. The van der Waals surface area contributed by atoms with E-state index in [0.29, 0.717) is 17.3 Å². The summed E-state index contributed by atoms with van der Waals surface area (Å²) in [5, 5.41) is 2.71. The summed E-state index contributed by atoms with van der Waals surface area (Å²) in [6.07, 6.45) is 0. The van der Waals surface area contributed by atoms with Gasteiger partial charge in [-0.3, -0.25) is 9.52 Å². The van der Waals surface area contributed by atoms with Gasteiger partial charge in [0, 0.05) is 16.9 Å². The van der Waals surface area contributed by atoms with Gasteiger partial charge in [-0.1, -0.05) is 18.2 Å². The minimum absolute atomic E-state index is 0.177. The van der Waals surface area contributed by atoms with Gasteiger partial charge in [-0.25, -0.2) is 17.2 Å². The monoisotopic (exact) mass is 388 g/mol. The number of nitrogens with one attached hydrogen (secondary N) is 2. The van der Waals surface area contributed by atoms with Crippen LogP contribution in [0.15, 0.2) is 77.7 Å². The zero-order chi connectivity index (χ0) is 19.4. The Morgan fingerprint density at radius 2 is 1.44 bits per heavy atom. The Hall–Kier alpha value is -3.26. The van der Waals surface area contributed by atoms with Crippen LogP contribution in [-0.4, -0.2) is 14.3 Å². The molecule has 0 bridgehead atoms. The van der Waals surface area contributed by atoms with Gasteiger partial charge in [-0.15, -0.1) is 0 Å². The van der Waals surface area contributed by atoms with Gasteiger partial charge in [0.05, 0.1) is 4.90 Å². The number of benzene rings is 3. The lowest BCUT2D eigenvalue weighted by molar-refractivity contribution is 0.102. The van der Waals surface area contributed by atoms with Crippen molar-refractivity contribution in [2.45, 2.75) is 4.90 Å². The first-order chi connectivity index (χ1) is 12.8. The topological polar surface area (TPSA) is 75.3 Å². The van der Waals surface area contributed by atoms with E-state index in [-0.39, 0.29) is 11.6 Å². The number of halogens is 2. The van der Waals surface area contributed by atoms with Gasteiger partial charge < -0.3 is 5.32 Å². The molecule has 3 rings (SSSR count). The number of rotatable bonds is 5. The lowest BCUT2D eigenvalue weighted by Gasteiger charge is -2.09. The number of carbonyl (C=O) groups excluding carboxylic acids is 1. The second-order valence-corrected chi connectivity index (χ2v) is 7.26. The summed E-state index contributed by atoms with van der Waals surface area (Å²) in [6.45, 7) is 0. The summed E-state index contributed by atoms with van der Waals surface area (Å²) in [4.78, 5) is 11.8. The SMILES string of the molecule is O=C(Nc1ccccc1)c1ccc(NS(=O)(=O)c2ccc(F)c(F)c2)cc1. The average Bonchev–Trinajstić information content (AvgIpc) is 2.65. The number of anilines is 2. The lowest BCUT2D eigenvalue weighted by Crippen LogP contribution is -2.14. The van der Waals surface area contributed by atoms with Crippen LogP contribution >= 0.6 is 0 Å². The molecule has 8 heteroatoms. The van der Waals surface area contributed by atoms with Gasteiger partial charge in [-0.05, 0) is 54.6 Å². The molecule has 0 heterocycles. The molecule has 3 aromatic carbocycles. The molecule has 1 amide bonds. The Morgan fingerprint density at radius 3 is 2.07 bits per heavy atom. The van der Waals surface area contributed by atoms with E-state index in [1.54, 1.807) is 24.3 Å². The number of hydrogen-bond acceptors (Lipinski definition) is 3. The van der Waals surface area contributed by atoms with E-state index in [1.165, 1.54) is 24.3 Å². The first kappa shape index (κ1) is 18.5. The zero-order valence-electron chi connectivity index (χ0n) is 13.8. The van der Waals surface area contributed by atoms with Crippen molar-refractivity contribution in [3.05, 3.63) is 90.0 Å². The van der Waals surface area contributed by atoms with Crippen LogP contribution in [0.1, 0.15) is 10.4 Å². The highest BCUT2D eigenvalue weighted by atomic mass is 32.2. The lowest BCUT2D eigenvalue weighted by atomic mass is 10.2. The Bertz CT molecular complexity index is 1070. The summed E-state index contributed by atoms with van der Waals surface area (Å²) < 4.78 is 53.0. The quantitative estimate of drug-likeness (QED) is 0.693. The van der Waals surface area contributed by atoms with Crippen LogP contribution in [0.4, 0.5) is 20.2 Å². The maximum atomic E-state index is 13.3. The van der Waals surface area contributed by atoms with Crippen molar-refractivity contribution in [2.75, 3.05) is 10.0 Å². The van der Waals surface area contributed by atoms with E-state index in [1.807, 2.05) is 6.07 Å². The van der Waals surface area contributed by atoms with E-state index < -0.39 is 26.6 Å². The maximum absolute atomic E-state index is 13.3. The number of para-hydroxylation sites is 1. The number of sulfonamides is 1. The van der Waals surface area contributed by atoms with Crippen molar-refractivity contribution in [1.29, 1.82) is 0 Å². The van der Waals surface area contributed by atoms with E-state index >= 15 is 0 Å². The van der Waals surface area contributed by atoms with Gasteiger partial charge in [0.1, 0.15) is 0 Å².